The summed E-state index contributed by atoms with van der Waals surface area (Å²) in [6, 6.07) is 7.25. The van der Waals surface area contributed by atoms with Crippen molar-refractivity contribution in [2.24, 2.45) is 0 Å². The predicted octanol–water partition coefficient (Wildman–Crippen LogP) is 2.40. The van der Waals surface area contributed by atoms with E-state index in [2.05, 4.69) is 6.92 Å². The molecule has 14 heavy (non-hydrogen) atoms. The normalized spacial score (nSPS) is 12.7. The van der Waals surface area contributed by atoms with Gasteiger partial charge >= 0.3 is 0 Å². The fraction of sp³-hybridized carbons (Fsp3) is 0.455. The molecular weight excluding hydrogens is 196 g/mol. The Morgan fingerprint density at radius 3 is 2.50 bits per heavy atom. The van der Waals surface area contributed by atoms with E-state index >= 15 is 0 Å². The quantitative estimate of drug-likeness (QED) is 0.787. The first-order valence-corrected chi connectivity index (χ1v) is 5.77. The summed E-state index contributed by atoms with van der Waals surface area (Å²) in [5.74, 6) is 1.24. The molecular formula is C11H16O2S. The molecule has 3 heteroatoms. The van der Waals surface area contributed by atoms with E-state index < -0.39 is 0 Å². The molecule has 2 nitrogen and oxygen atoms in total. The average Bonchev–Trinajstić information content (AvgIpc) is 2.17. The fourth-order valence-electron chi connectivity index (χ4n) is 1.10. The van der Waals surface area contributed by atoms with Crippen molar-refractivity contribution in [3.8, 4) is 5.75 Å². The third-order valence-corrected chi connectivity index (χ3v) is 3.31. The van der Waals surface area contributed by atoms with Crippen LogP contribution in [0.5, 0.6) is 5.75 Å². The van der Waals surface area contributed by atoms with Crippen LogP contribution in [0.25, 0.3) is 0 Å². The fourth-order valence-corrected chi connectivity index (χ4v) is 2.04. The van der Waals surface area contributed by atoms with E-state index in [1.54, 1.807) is 12.1 Å². The number of thioether (sulfide) groups is 1. The maximum absolute atomic E-state index is 9.08. The number of rotatable bonds is 5. The van der Waals surface area contributed by atoms with Gasteiger partial charge in [-0.2, -0.15) is 11.8 Å². The van der Waals surface area contributed by atoms with Gasteiger partial charge in [0, 0.05) is 17.6 Å². The minimum Gasteiger partial charge on any atom is -0.508 e. The monoisotopic (exact) mass is 212 g/mol. The van der Waals surface area contributed by atoms with Gasteiger partial charge in [0.2, 0.25) is 0 Å². The highest BCUT2D eigenvalue weighted by Gasteiger charge is 2.02. The standard InChI is InChI=1S/C11H16O2S/c1-9(6-7-12)14-8-10-2-4-11(13)5-3-10/h2-5,9,12-13H,6-8H2,1H3. The van der Waals surface area contributed by atoms with Crippen LogP contribution in [-0.4, -0.2) is 22.1 Å². The van der Waals surface area contributed by atoms with Crippen LogP contribution in [0.2, 0.25) is 0 Å². The first kappa shape index (κ1) is 11.4. The highest BCUT2D eigenvalue weighted by Crippen LogP contribution is 2.20. The van der Waals surface area contributed by atoms with Crippen molar-refractivity contribution in [2.45, 2.75) is 24.3 Å². The van der Waals surface area contributed by atoms with Crippen LogP contribution in [0.3, 0.4) is 0 Å². The van der Waals surface area contributed by atoms with Gasteiger partial charge < -0.3 is 10.2 Å². The van der Waals surface area contributed by atoms with Crippen molar-refractivity contribution >= 4 is 11.8 Å². The SMILES string of the molecule is CC(CCO)SCc1ccc(O)cc1. The Kier molecular flexibility index (Phi) is 4.84. The molecule has 0 saturated heterocycles. The predicted molar refractivity (Wildman–Crippen MR) is 60.6 cm³/mol. The second kappa shape index (κ2) is 5.94. The van der Waals surface area contributed by atoms with Crippen molar-refractivity contribution in [3.05, 3.63) is 29.8 Å². The molecule has 78 valence electrons. The van der Waals surface area contributed by atoms with Crippen molar-refractivity contribution in [1.29, 1.82) is 0 Å². The van der Waals surface area contributed by atoms with Gasteiger partial charge in [-0.3, -0.25) is 0 Å². The summed E-state index contributed by atoms with van der Waals surface area (Å²) in [5.41, 5.74) is 1.21. The highest BCUT2D eigenvalue weighted by atomic mass is 32.2. The van der Waals surface area contributed by atoms with Crippen LogP contribution in [0.1, 0.15) is 18.9 Å². The van der Waals surface area contributed by atoms with E-state index in [-0.39, 0.29) is 6.61 Å². The van der Waals surface area contributed by atoms with Crippen LogP contribution in [0.4, 0.5) is 0 Å². The van der Waals surface area contributed by atoms with Gasteiger partial charge in [0.15, 0.2) is 0 Å². The van der Waals surface area contributed by atoms with Crippen molar-refractivity contribution in [2.75, 3.05) is 6.61 Å². The molecule has 0 amide bonds. The van der Waals surface area contributed by atoms with Crippen LogP contribution in [0.15, 0.2) is 24.3 Å². The van der Waals surface area contributed by atoms with E-state index in [4.69, 9.17) is 10.2 Å². The number of aliphatic hydroxyl groups excluding tert-OH is 1. The lowest BCUT2D eigenvalue weighted by Gasteiger charge is -2.08. The Balaban J connectivity index is 2.34. The van der Waals surface area contributed by atoms with E-state index in [9.17, 15) is 0 Å². The number of aliphatic hydroxyl groups is 1. The zero-order valence-electron chi connectivity index (χ0n) is 8.31. The molecule has 0 saturated carbocycles. The molecule has 0 aliphatic rings. The van der Waals surface area contributed by atoms with Gasteiger partial charge in [-0.15, -0.1) is 0 Å². The van der Waals surface area contributed by atoms with Gasteiger partial charge in [-0.1, -0.05) is 19.1 Å². The Labute approximate surface area is 89.0 Å². The van der Waals surface area contributed by atoms with Crippen LogP contribution in [0, 0.1) is 0 Å². The highest BCUT2D eigenvalue weighted by molar-refractivity contribution is 7.99. The molecule has 1 aromatic rings. The zero-order valence-corrected chi connectivity index (χ0v) is 9.13. The molecule has 0 aliphatic carbocycles. The summed E-state index contributed by atoms with van der Waals surface area (Å²) in [6.07, 6.45) is 0.836. The van der Waals surface area contributed by atoms with E-state index in [0.717, 1.165) is 12.2 Å². The van der Waals surface area contributed by atoms with E-state index in [1.807, 2.05) is 23.9 Å². The smallest absolute Gasteiger partial charge is 0.115 e. The number of hydrogen-bond acceptors (Lipinski definition) is 3. The minimum atomic E-state index is 0.254. The average molecular weight is 212 g/mol. The summed E-state index contributed by atoms with van der Waals surface area (Å²) in [5, 5.41) is 18.3. The lowest BCUT2D eigenvalue weighted by atomic mass is 10.2. The Hall–Kier alpha value is -0.670. The molecule has 2 N–H and O–H groups in total. The number of phenolic OH excluding ortho intramolecular Hbond substituents is 1. The first-order chi connectivity index (χ1) is 6.72. The van der Waals surface area contributed by atoms with Gasteiger partial charge in [-0.25, -0.2) is 0 Å². The Morgan fingerprint density at radius 1 is 1.29 bits per heavy atom. The molecule has 0 bridgehead atoms. The van der Waals surface area contributed by atoms with E-state index in [1.165, 1.54) is 5.56 Å². The second-order valence-electron chi connectivity index (χ2n) is 3.30. The number of aromatic hydroxyl groups is 1. The third kappa shape index (κ3) is 4.03. The molecule has 1 atom stereocenters. The maximum atomic E-state index is 9.08. The Morgan fingerprint density at radius 2 is 1.93 bits per heavy atom. The summed E-state index contributed by atoms with van der Waals surface area (Å²) >= 11 is 1.82. The largest absolute Gasteiger partial charge is 0.508 e. The number of hydrogen-bond donors (Lipinski definition) is 2. The topological polar surface area (TPSA) is 40.5 Å². The lowest BCUT2D eigenvalue weighted by molar-refractivity contribution is 0.289. The summed E-state index contributed by atoms with van der Waals surface area (Å²) < 4.78 is 0. The van der Waals surface area contributed by atoms with Gasteiger partial charge in [-0.05, 0) is 24.1 Å². The van der Waals surface area contributed by atoms with Gasteiger partial charge in [0.1, 0.15) is 5.75 Å². The van der Waals surface area contributed by atoms with Crippen molar-refractivity contribution in [3.63, 3.8) is 0 Å². The van der Waals surface area contributed by atoms with Gasteiger partial charge in [0.05, 0.1) is 0 Å². The molecule has 1 unspecified atom stereocenters. The lowest BCUT2D eigenvalue weighted by Crippen LogP contribution is -1.99. The molecule has 0 aromatic heterocycles. The van der Waals surface area contributed by atoms with Crippen molar-refractivity contribution < 1.29 is 10.2 Å². The molecule has 0 aliphatic heterocycles. The zero-order chi connectivity index (χ0) is 10.4. The molecule has 0 radical (unpaired) electrons. The molecule has 0 spiro atoms. The van der Waals surface area contributed by atoms with Gasteiger partial charge in [0.25, 0.3) is 0 Å². The summed E-state index contributed by atoms with van der Waals surface area (Å²) in [7, 11) is 0. The summed E-state index contributed by atoms with van der Waals surface area (Å²) in [4.78, 5) is 0. The summed E-state index contributed by atoms with van der Waals surface area (Å²) in [6.45, 7) is 2.37. The third-order valence-electron chi connectivity index (χ3n) is 2.01. The Bertz CT molecular complexity index is 258. The van der Waals surface area contributed by atoms with E-state index in [0.29, 0.717) is 11.0 Å². The molecule has 1 rings (SSSR count). The number of benzene rings is 1. The van der Waals surface area contributed by atoms with Crippen LogP contribution in [-0.2, 0) is 5.75 Å². The first-order valence-electron chi connectivity index (χ1n) is 4.72. The van der Waals surface area contributed by atoms with Crippen molar-refractivity contribution in [1.82, 2.24) is 0 Å². The minimum absolute atomic E-state index is 0.254. The number of phenols is 1. The van der Waals surface area contributed by atoms with Crippen LogP contribution < -0.4 is 0 Å². The maximum Gasteiger partial charge on any atom is 0.115 e. The second-order valence-corrected chi connectivity index (χ2v) is 4.73. The molecule has 0 fully saturated rings. The molecule has 1 aromatic carbocycles. The van der Waals surface area contributed by atoms with Crippen LogP contribution >= 0.6 is 11.8 Å². The molecule has 0 heterocycles.